The van der Waals surface area contributed by atoms with Crippen LogP contribution in [-0.4, -0.2) is 20.1 Å². The maximum atomic E-state index is 10.8. The van der Waals surface area contributed by atoms with Crippen molar-refractivity contribution in [2.24, 2.45) is 0 Å². The van der Waals surface area contributed by atoms with E-state index in [2.05, 4.69) is 57.8 Å². The van der Waals surface area contributed by atoms with Gasteiger partial charge >= 0.3 is 0 Å². The molecule has 0 amide bonds. The molecule has 1 aromatic heterocycles. The molecule has 0 saturated heterocycles. The van der Waals surface area contributed by atoms with Crippen LogP contribution in [0.25, 0.3) is 16.7 Å². The molecule has 0 saturated carbocycles. The van der Waals surface area contributed by atoms with Gasteiger partial charge in [0.25, 0.3) is 0 Å². The summed E-state index contributed by atoms with van der Waals surface area (Å²) < 4.78 is 0. The topological polar surface area (TPSA) is 50.9 Å². The van der Waals surface area contributed by atoms with Gasteiger partial charge in [-0.1, -0.05) is 59.7 Å². The van der Waals surface area contributed by atoms with Crippen LogP contribution >= 0.6 is 0 Å². The van der Waals surface area contributed by atoms with Gasteiger partial charge in [0, 0.05) is 0 Å². The zero-order valence-corrected chi connectivity index (χ0v) is 15.3. The minimum absolute atomic E-state index is 0.0434. The zero-order chi connectivity index (χ0) is 17.7. The SMILES string of the molecule is CC(C)(C)c1cc(O)c(-n2nc3ccccc3n2)c(C(C)(C)C)c1. The van der Waals surface area contributed by atoms with Gasteiger partial charge in [-0.25, -0.2) is 0 Å². The van der Waals surface area contributed by atoms with Crippen molar-refractivity contribution < 1.29 is 5.11 Å². The van der Waals surface area contributed by atoms with E-state index in [1.807, 2.05) is 30.3 Å². The smallest absolute Gasteiger partial charge is 0.143 e. The van der Waals surface area contributed by atoms with Crippen LogP contribution in [0, 0.1) is 0 Å². The highest BCUT2D eigenvalue weighted by Crippen LogP contribution is 2.38. The van der Waals surface area contributed by atoms with Gasteiger partial charge in [0.1, 0.15) is 22.5 Å². The molecule has 2 aromatic carbocycles. The molecule has 4 nitrogen and oxygen atoms in total. The molecule has 0 bridgehead atoms. The number of fused-ring (bicyclic) bond motifs is 1. The maximum absolute atomic E-state index is 10.8. The number of aromatic hydroxyl groups is 1. The first-order valence-corrected chi connectivity index (χ1v) is 8.28. The van der Waals surface area contributed by atoms with E-state index >= 15 is 0 Å². The van der Waals surface area contributed by atoms with E-state index in [0.29, 0.717) is 5.69 Å². The van der Waals surface area contributed by atoms with Gasteiger partial charge in [-0.2, -0.15) is 0 Å². The molecular weight excluding hydrogens is 298 g/mol. The Bertz CT molecular complexity index is 862. The Hall–Kier alpha value is -2.36. The number of nitrogens with zero attached hydrogens (tertiary/aromatic N) is 3. The average molecular weight is 323 g/mol. The van der Waals surface area contributed by atoms with Gasteiger partial charge in [-0.15, -0.1) is 15.0 Å². The van der Waals surface area contributed by atoms with E-state index in [-0.39, 0.29) is 16.6 Å². The lowest BCUT2D eigenvalue weighted by molar-refractivity contribution is 0.456. The highest BCUT2D eigenvalue weighted by atomic mass is 16.3. The largest absolute Gasteiger partial charge is 0.506 e. The van der Waals surface area contributed by atoms with Crippen LogP contribution in [0.1, 0.15) is 52.7 Å². The van der Waals surface area contributed by atoms with Crippen LogP contribution in [0.3, 0.4) is 0 Å². The Labute approximate surface area is 143 Å². The second-order valence-corrected chi connectivity index (χ2v) is 8.37. The Morgan fingerprint density at radius 3 is 1.83 bits per heavy atom. The van der Waals surface area contributed by atoms with Crippen LogP contribution in [0.5, 0.6) is 5.75 Å². The number of aromatic nitrogens is 3. The summed E-state index contributed by atoms with van der Waals surface area (Å²) in [6.07, 6.45) is 0. The van der Waals surface area contributed by atoms with Gasteiger partial charge in [-0.05, 0) is 40.2 Å². The molecule has 0 aliphatic heterocycles. The molecule has 0 aliphatic carbocycles. The van der Waals surface area contributed by atoms with Crippen molar-refractivity contribution in [1.29, 1.82) is 0 Å². The average Bonchev–Trinajstić information content (AvgIpc) is 2.87. The van der Waals surface area contributed by atoms with Gasteiger partial charge in [0.2, 0.25) is 0 Å². The Kier molecular flexibility index (Phi) is 3.67. The van der Waals surface area contributed by atoms with E-state index in [4.69, 9.17) is 0 Å². The van der Waals surface area contributed by atoms with E-state index < -0.39 is 0 Å². The maximum Gasteiger partial charge on any atom is 0.143 e. The van der Waals surface area contributed by atoms with E-state index in [9.17, 15) is 5.11 Å². The molecule has 1 heterocycles. The first kappa shape index (κ1) is 16.5. The second kappa shape index (κ2) is 5.33. The number of hydrogen-bond acceptors (Lipinski definition) is 3. The fourth-order valence-corrected chi connectivity index (χ4v) is 2.79. The predicted octanol–water partition coefficient (Wildman–Crippen LogP) is 4.72. The van der Waals surface area contributed by atoms with Crippen molar-refractivity contribution in [3.05, 3.63) is 47.5 Å². The summed E-state index contributed by atoms with van der Waals surface area (Å²) in [5.41, 5.74) is 4.24. The Morgan fingerprint density at radius 1 is 0.833 bits per heavy atom. The van der Waals surface area contributed by atoms with Crippen molar-refractivity contribution in [1.82, 2.24) is 15.0 Å². The Balaban J connectivity index is 2.30. The summed E-state index contributed by atoms with van der Waals surface area (Å²) in [4.78, 5) is 1.56. The second-order valence-electron chi connectivity index (χ2n) is 8.37. The number of benzene rings is 2. The molecule has 0 aliphatic rings. The number of rotatable bonds is 1. The van der Waals surface area contributed by atoms with Crippen LogP contribution in [0.2, 0.25) is 0 Å². The molecule has 1 N–H and O–H groups in total. The third-order valence-electron chi connectivity index (χ3n) is 4.25. The summed E-state index contributed by atoms with van der Waals surface area (Å²) in [6, 6.07) is 11.7. The standard InChI is InChI=1S/C20H25N3O/c1-19(2,3)13-11-14(20(4,5)6)18(17(24)12-13)23-21-15-9-7-8-10-16(15)22-23/h7-12,24H,1-6H3. The Morgan fingerprint density at radius 2 is 1.38 bits per heavy atom. The summed E-state index contributed by atoms with van der Waals surface area (Å²) in [5.74, 6) is 0.215. The first-order valence-electron chi connectivity index (χ1n) is 8.28. The summed E-state index contributed by atoms with van der Waals surface area (Å²) in [5, 5.41) is 19.9. The fraction of sp³-hybridized carbons (Fsp3) is 0.400. The van der Waals surface area contributed by atoms with Crippen molar-refractivity contribution in [2.75, 3.05) is 0 Å². The molecule has 0 unspecified atom stereocenters. The summed E-state index contributed by atoms with van der Waals surface area (Å²) in [6.45, 7) is 12.9. The minimum Gasteiger partial charge on any atom is -0.506 e. The summed E-state index contributed by atoms with van der Waals surface area (Å²) in [7, 11) is 0. The van der Waals surface area contributed by atoms with Gasteiger partial charge in [-0.3, -0.25) is 0 Å². The predicted molar refractivity (Wildman–Crippen MR) is 97.9 cm³/mol. The quantitative estimate of drug-likeness (QED) is 0.705. The van der Waals surface area contributed by atoms with Gasteiger partial charge < -0.3 is 5.11 Å². The number of phenolic OH excluding ortho intramolecular Hbond substituents is 1. The highest BCUT2D eigenvalue weighted by molar-refractivity contribution is 5.74. The minimum atomic E-state index is -0.145. The molecule has 3 rings (SSSR count). The third-order valence-corrected chi connectivity index (χ3v) is 4.25. The zero-order valence-electron chi connectivity index (χ0n) is 15.3. The normalized spacial score (nSPS) is 12.8. The summed E-state index contributed by atoms with van der Waals surface area (Å²) >= 11 is 0. The highest BCUT2D eigenvalue weighted by Gasteiger charge is 2.27. The monoisotopic (exact) mass is 323 g/mol. The van der Waals surface area contributed by atoms with Crippen molar-refractivity contribution in [2.45, 2.75) is 52.4 Å². The third kappa shape index (κ3) is 2.88. The van der Waals surface area contributed by atoms with E-state index in [1.165, 1.54) is 0 Å². The molecule has 0 fully saturated rings. The van der Waals surface area contributed by atoms with E-state index in [1.54, 1.807) is 4.80 Å². The molecule has 0 spiro atoms. The van der Waals surface area contributed by atoms with Crippen molar-refractivity contribution in [3.63, 3.8) is 0 Å². The molecular formula is C20H25N3O. The molecule has 24 heavy (non-hydrogen) atoms. The van der Waals surface area contributed by atoms with Gasteiger partial charge in [0.05, 0.1) is 0 Å². The molecule has 126 valence electrons. The molecule has 3 aromatic rings. The van der Waals surface area contributed by atoms with Crippen LogP contribution in [0.15, 0.2) is 36.4 Å². The first-order chi connectivity index (χ1) is 11.1. The molecule has 0 radical (unpaired) electrons. The van der Waals surface area contributed by atoms with Crippen molar-refractivity contribution >= 4 is 11.0 Å². The van der Waals surface area contributed by atoms with Crippen molar-refractivity contribution in [3.8, 4) is 11.4 Å². The van der Waals surface area contributed by atoms with Crippen LogP contribution in [0.4, 0.5) is 0 Å². The van der Waals surface area contributed by atoms with E-state index in [0.717, 1.165) is 22.2 Å². The fourth-order valence-electron chi connectivity index (χ4n) is 2.79. The molecule has 4 heteroatoms. The lowest BCUT2D eigenvalue weighted by Crippen LogP contribution is -2.20. The van der Waals surface area contributed by atoms with Crippen LogP contribution < -0.4 is 0 Å². The number of hydrogen-bond donors (Lipinski definition) is 1. The van der Waals surface area contributed by atoms with Gasteiger partial charge in [0.15, 0.2) is 0 Å². The molecule has 0 atom stereocenters. The lowest BCUT2D eigenvalue weighted by Gasteiger charge is -2.27. The lowest BCUT2D eigenvalue weighted by atomic mass is 9.79. The van der Waals surface area contributed by atoms with Crippen LogP contribution in [-0.2, 0) is 10.8 Å². The number of phenols is 1.